The summed E-state index contributed by atoms with van der Waals surface area (Å²) >= 11 is 0. The van der Waals surface area contributed by atoms with Gasteiger partial charge in [0.05, 0.1) is 12.4 Å². The van der Waals surface area contributed by atoms with Gasteiger partial charge in [-0.1, -0.05) is 19.8 Å². The molecule has 0 atom stereocenters. The van der Waals surface area contributed by atoms with Crippen molar-refractivity contribution in [3.8, 4) is 0 Å². The number of hydrogen-bond donors (Lipinski definition) is 2. The molecule has 1 aromatic heterocycles. The lowest BCUT2D eigenvalue weighted by molar-refractivity contribution is 0.579. The summed E-state index contributed by atoms with van der Waals surface area (Å²) in [7, 11) is 0. The van der Waals surface area contributed by atoms with Gasteiger partial charge >= 0.3 is 0 Å². The molecular weight excluding hydrogens is 212 g/mol. The van der Waals surface area contributed by atoms with Crippen LogP contribution in [0.25, 0.3) is 0 Å². The number of nitrogens with one attached hydrogen (secondary N) is 2. The zero-order chi connectivity index (χ0) is 11.9. The van der Waals surface area contributed by atoms with Crippen molar-refractivity contribution in [3.63, 3.8) is 0 Å². The van der Waals surface area contributed by atoms with Gasteiger partial charge in [0, 0.05) is 13.1 Å². The highest BCUT2D eigenvalue weighted by Gasteiger charge is 2.14. The van der Waals surface area contributed by atoms with Gasteiger partial charge < -0.3 is 10.6 Å². The molecule has 0 saturated heterocycles. The molecule has 0 aromatic carbocycles. The zero-order valence-corrected chi connectivity index (χ0v) is 10.6. The second-order valence-electron chi connectivity index (χ2n) is 4.75. The molecule has 0 spiro atoms. The van der Waals surface area contributed by atoms with Crippen LogP contribution in [0, 0.1) is 5.92 Å². The Morgan fingerprint density at radius 3 is 2.59 bits per heavy atom. The Hall–Kier alpha value is -1.32. The number of hydrogen-bond acceptors (Lipinski definition) is 4. The molecule has 0 radical (unpaired) electrons. The van der Waals surface area contributed by atoms with E-state index >= 15 is 0 Å². The summed E-state index contributed by atoms with van der Waals surface area (Å²) in [5.41, 5.74) is 0. The summed E-state index contributed by atoms with van der Waals surface area (Å²) in [5, 5.41) is 6.64. The van der Waals surface area contributed by atoms with Crippen molar-refractivity contribution in [2.45, 2.75) is 39.0 Å². The van der Waals surface area contributed by atoms with Gasteiger partial charge in [0.15, 0.2) is 0 Å². The van der Waals surface area contributed by atoms with Crippen molar-refractivity contribution in [2.75, 3.05) is 23.7 Å². The Morgan fingerprint density at radius 1 is 1.18 bits per heavy atom. The maximum atomic E-state index is 4.49. The van der Waals surface area contributed by atoms with Crippen LogP contribution in [0.4, 0.5) is 11.6 Å². The molecule has 2 rings (SSSR count). The van der Waals surface area contributed by atoms with Gasteiger partial charge in [-0.2, -0.15) is 0 Å². The van der Waals surface area contributed by atoms with Crippen LogP contribution < -0.4 is 10.6 Å². The Labute approximate surface area is 103 Å². The first-order valence-electron chi connectivity index (χ1n) is 6.68. The summed E-state index contributed by atoms with van der Waals surface area (Å²) in [6.45, 7) is 4.12. The molecule has 0 aliphatic heterocycles. The predicted octanol–water partition coefficient (Wildman–Crippen LogP) is 2.90. The number of aromatic nitrogens is 2. The van der Waals surface area contributed by atoms with E-state index in [-0.39, 0.29) is 0 Å². The molecule has 0 amide bonds. The summed E-state index contributed by atoms with van der Waals surface area (Å²) in [6.07, 6.45) is 10.2. The smallest absolute Gasteiger partial charge is 0.146 e. The molecule has 4 nitrogen and oxygen atoms in total. The quantitative estimate of drug-likeness (QED) is 0.794. The fraction of sp³-hybridized carbons (Fsp3) is 0.692. The number of nitrogens with zero attached hydrogens (tertiary/aromatic N) is 2. The largest absolute Gasteiger partial charge is 0.369 e. The summed E-state index contributed by atoms with van der Waals surface area (Å²) < 4.78 is 0. The van der Waals surface area contributed by atoms with Crippen LogP contribution in [0.2, 0.25) is 0 Å². The Kier molecular flexibility index (Phi) is 4.59. The first-order chi connectivity index (χ1) is 8.38. The second-order valence-corrected chi connectivity index (χ2v) is 4.75. The van der Waals surface area contributed by atoms with Crippen LogP contribution >= 0.6 is 0 Å². The van der Waals surface area contributed by atoms with Crippen LogP contribution in [-0.4, -0.2) is 23.1 Å². The lowest BCUT2D eigenvalue weighted by atomic mass is 10.1. The molecule has 1 aliphatic carbocycles. The first-order valence-corrected chi connectivity index (χ1v) is 6.68. The van der Waals surface area contributed by atoms with Gasteiger partial charge in [-0.3, -0.25) is 4.98 Å². The van der Waals surface area contributed by atoms with E-state index in [0.717, 1.165) is 37.1 Å². The molecule has 2 N–H and O–H groups in total. The highest BCUT2D eigenvalue weighted by atomic mass is 15.1. The average Bonchev–Trinajstić information content (AvgIpc) is 2.87. The van der Waals surface area contributed by atoms with Gasteiger partial charge in [0.2, 0.25) is 0 Å². The van der Waals surface area contributed by atoms with Crippen LogP contribution in [-0.2, 0) is 0 Å². The third-order valence-corrected chi connectivity index (χ3v) is 3.24. The normalized spacial score (nSPS) is 16.1. The summed E-state index contributed by atoms with van der Waals surface area (Å²) in [6, 6.07) is 0. The van der Waals surface area contributed by atoms with Crippen LogP contribution in [0.15, 0.2) is 12.4 Å². The standard InChI is InChI=1S/C13H22N4/c1-2-7-15-12-9-14-10-13(17-12)16-8-11-5-3-4-6-11/h9-11H,2-8H2,1H3,(H2,15,16,17). The minimum absolute atomic E-state index is 0.823. The lowest BCUT2D eigenvalue weighted by Crippen LogP contribution is -2.13. The van der Waals surface area contributed by atoms with Crippen molar-refractivity contribution in [1.82, 2.24) is 9.97 Å². The third kappa shape index (κ3) is 3.88. The first kappa shape index (κ1) is 12.1. The monoisotopic (exact) mass is 234 g/mol. The molecule has 4 heteroatoms. The zero-order valence-electron chi connectivity index (χ0n) is 10.6. The van der Waals surface area contributed by atoms with Gasteiger partial charge in [0.1, 0.15) is 11.6 Å². The van der Waals surface area contributed by atoms with Gasteiger partial charge in [-0.25, -0.2) is 4.98 Å². The van der Waals surface area contributed by atoms with Crippen LogP contribution in [0.5, 0.6) is 0 Å². The molecule has 17 heavy (non-hydrogen) atoms. The van der Waals surface area contributed by atoms with E-state index in [2.05, 4.69) is 27.5 Å². The number of anilines is 2. The van der Waals surface area contributed by atoms with Crippen molar-refractivity contribution < 1.29 is 0 Å². The average molecular weight is 234 g/mol. The van der Waals surface area contributed by atoms with E-state index in [1.54, 1.807) is 12.4 Å². The maximum absolute atomic E-state index is 4.49. The predicted molar refractivity (Wildman–Crippen MR) is 71.3 cm³/mol. The molecule has 1 saturated carbocycles. The minimum atomic E-state index is 0.823. The van der Waals surface area contributed by atoms with E-state index in [4.69, 9.17) is 0 Å². The lowest BCUT2D eigenvalue weighted by Gasteiger charge is -2.11. The molecule has 1 aromatic rings. The third-order valence-electron chi connectivity index (χ3n) is 3.24. The highest BCUT2D eigenvalue weighted by Crippen LogP contribution is 2.24. The van der Waals surface area contributed by atoms with Crippen molar-refractivity contribution >= 4 is 11.6 Å². The Morgan fingerprint density at radius 2 is 1.88 bits per heavy atom. The van der Waals surface area contributed by atoms with E-state index in [1.165, 1.54) is 25.7 Å². The molecule has 1 fully saturated rings. The highest BCUT2D eigenvalue weighted by molar-refractivity contribution is 5.41. The molecule has 1 aliphatic rings. The number of rotatable bonds is 6. The van der Waals surface area contributed by atoms with Crippen LogP contribution in [0.1, 0.15) is 39.0 Å². The molecule has 94 valence electrons. The molecular formula is C13H22N4. The topological polar surface area (TPSA) is 49.8 Å². The van der Waals surface area contributed by atoms with Crippen molar-refractivity contribution in [1.29, 1.82) is 0 Å². The van der Waals surface area contributed by atoms with E-state index in [9.17, 15) is 0 Å². The Balaban J connectivity index is 1.82. The minimum Gasteiger partial charge on any atom is -0.369 e. The second kappa shape index (κ2) is 6.42. The van der Waals surface area contributed by atoms with Gasteiger partial charge in [-0.05, 0) is 25.2 Å². The Bertz CT molecular complexity index is 334. The molecule has 0 bridgehead atoms. The van der Waals surface area contributed by atoms with Crippen LogP contribution in [0.3, 0.4) is 0 Å². The van der Waals surface area contributed by atoms with E-state index in [0.29, 0.717) is 0 Å². The van der Waals surface area contributed by atoms with Crippen molar-refractivity contribution in [2.24, 2.45) is 5.92 Å². The fourth-order valence-electron chi connectivity index (χ4n) is 2.25. The van der Waals surface area contributed by atoms with E-state index in [1.807, 2.05) is 0 Å². The van der Waals surface area contributed by atoms with Gasteiger partial charge in [-0.15, -0.1) is 0 Å². The molecule has 0 unspecified atom stereocenters. The SMILES string of the molecule is CCCNc1cncc(NCC2CCCC2)n1. The van der Waals surface area contributed by atoms with E-state index < -0.39 is 0 Å². The maximum Gasteiger partial charge on any atom is 0.146 e. The molecule has 1 heterocycles. The van der Waals surface area contributed by atoms with Crippen molar-refractivity contribution in [3.05, 3.63) is 12.4 Å². The summed E-state index contributed by atoms with van der Waals surface area (Å²) in [5.74, 6) is 2.57. The fourth-order valence-corrected chi connectivity index (χ4v) is 2.25. The van der Waals surface area contributed by atoms with Gasteiger partial charge in [0.25, 0.3) is 0 Å². The summed E-state index contributed by atoms with van der Waals surface area (Å²) in [4.78, 5) is 8.68.